The second-order valence-electron chi connectivity index (χ2n) is 7.06. The molecule has 0 aliphatic rings. The van der Waals surface area contributed by atoms with Crippen LogP contribution in [0.15, 0.2) is 79.3 Å². The molecule has 3 aromatic heterocycles. The maximum Gasteiger partial charge on any atom is 0.181 e. The first-order valence-electron chi connectivity index (χ1n) is 9.82. The van der Waals surface area contributed by atoms with Gasteiger partial charge in [-0.2, -0.15) is 0 Å². The van der Waals surface area contributed by atoms with Gasteiger partial charge in [-0.1, -0.05) is 48.0 Å². The summed E-state index contributed by atoms with van der Waals surface area (Å²) in [5, 5.41) is 0.661. The molecule has 0 saturated carbocycles. The van der Waals surface area contributed by atoms with Crippen LogP contribution >= 0.6 is 11.6 Å². The van der Waals surface area contributed by atoms with Gasteiger partial charge in [-0.05, 0) is 35.9 Å². The van der Waals surface area contributed by atoms with E-state index in [-0.39, 0.29) is 0 Å². The van der Waals surface area contributed by atoms with Crippen LogP contribution in [0.4, 0.5) is 0 Å². The molecule has 0 saturated heterocycles. The fourth-order valence-corrected chi connectivity index (χ4v) is 3.55. The first-order chi connectivity index (χ1) is 15.2. The minimum absolute atomic E-state index is 0.489. The molecule has 0 aliphatic carbocycles. The Hall–Kier alpha value is -3.77. The highest BCUT2D eigenvalue weighted by Gasteiger charge is 2.11. The molecular formula is C24H18ClN5O. The highest BCUT2D eigenvalue weighted by Crippen LogP contribution is 2.27. The van der Waals surface area contributed by atoms with Crippen LogP contribution in [-0.2, 0) is 13.0 Å². The van der Waals surface area contributed by atoms with Crippen LogP contribution in [-0.4, -0.2) is 24.9 Å². The molecule has 0 amide bonds. The van der Waals surface area contributed by atoms with Gasteiger partial charge in [0.15, 0.2) is 11.5 Å². The molecule has 2 aromatic carbocycles. The molecule has 0 fully saturated rings. The number of H-pyrrole nitrogens is 1. The number of nitrogens with zero attached hydrogens (tertiary/aromatic N) is 4. The van der Waals surface area contributed by atoms with Crippen molar-refractivity contribution in [3.63, 3.8) is 0 Å². The third-order valence-corrected chi connectivity index (χ3v) is 5.08. The lowest BCUT2D eigenvalue weighted by molar-refractivity contribution is 0.303. The van der Waals surface area contributed by atoms with Crippen molar-refractivity contribution in [2.75, 3.05) is 0 Å². The van der Waals surface area contributed by atoms with Gasteiger partial charge in [0, 0.05) is 22.7 Å². The Morgan fingerprint density at radius 3 is 2.71 bits per heavy atom. The number of aromatic amines is 1. The van der Waals surface area contributed by atoms with Gasteiger partial charge in [-0.25, -0.2) is 19.9 Å². The van der Waals surface area contributed by atoms with Crippen LogP contribution in [0.25, 0.3) is 22.7 Å². The maximum absolute atomic E-state index is 6.27. The fourth-order valence-electron chi connectivity index (χ4n) is 3.35. The predicted octanol–water partition coefficient (Wildman–Crippen LogP) is 5.24. The highest BCUT2D eigenvalue weighted by atomic mass is 35.5. The van der Waals surface area contributed by atoms with Crippen molar-refractivity contribution in [1.29, 1.82) is 0 Å². The number of fused-ring (bicyclic) bond motifs is 1. The quantitative estimate of drug-likeness (QED) is 0.401. The lowest BCUT2D eigenvalue weighted by Crippen LogP contribution is -2.01. The lowest BCUT2D eigenvalue weighted by Gasteiger charge is -2.12. The second-order valence-corrected chi connectivity index (χ2v) is 7.50. The highest BCUT2D eigenvalue weighted by molar-refractivity contribution is 6.30. The topological polar surface area (TPSA) is 76.6 Å². The zero-order valence-corrected chi connectivity index (χ0v) is 17.3. The zero-order valence-electron chi connectivity index (χ0n) is 16.5. The number of halogens is 1. The van der Waals surface area contributed by atoms with E-state index in [0.717, 1.165) is 33.8 Å². The standard InChI is InChI=1S/C24H18ClN5O/c25-18-9-10-22(31-14-16-5-2-1-3-6-16)17(11-18)12-19-7-4-8-20(28-19)24-29-21-13-26-15-27-23(21)30-24/h1-11,13,15H,12,14H2,(H,26,27,29,30). The molecule has 0 bridgehead atoms. The van der Waals surface area contributed by atoms with E-state index in [1.54, 1.807) is 6.20 Å². The molecule has 0 spiro atoms. The third-order valence-electron chi connectivity index (χ3n) is 4.84. The van der Waals surface area contributed by atoms with E-state index in [0.29, 0.717) is 29.5 Å². The molecule has 31 heavy (non-hydrogen) atoms. The first kappa shape index (κ1) is 19.2. The minimum Gasteiger partial charge on any atom is -0.489 e. The molecule has 6 nitrogen and oxygen atoms in total. The van der Waals surface area contributed by atoms with Crippen molar-refractivity contribution in [3.8, 4) is 17.3 Å². The van der Waals surface area contributed by atoms with Gasteiger partial charge < -0.3 is 9.72 Å². The average molecular weight is 428 g/mol. The summed E-state index contributed by atoms with van der Waals surface area (Å²) in [4.78, 5) is 20.7. The number of aromatic nitrogens is 5. The van der Waals surface area contributed by atoms with E-state index in [4.69, 9.17) is 21.3 Å². The van der Waals surface area contributed by atoms with E-state index in [2.05, 4.69) is 19.9 Å². The number of nitrogens with one attached hydrogen (secondary N) is 1. The van der Waals surface area contributed by atoms with E-state index < -0.39 is 0 Å². The van der Waals surface area contributed by atoms with E-state index in [1.807, 2.05) is 66.7 Å². The van der Waals surface area contributed by atoms with Crippen molar-refractivity contribution in [1.82, 2.24) is 24.9 Å². The van der Waals surface area contributed by atoms with Crippen molar-refractivity contribution in [2.45, 2.75) is 13.0 Å². The van der Waals surface area contributed by atoms with Gasteiger partial charge in [0.25, 0.3) is 0 Å². The van der Waals surface area contributed by atoms with Crippen LogP contribution in [0.3, 0.4) is 0 Å². The number of imidazole rings is 1. The predicted molar refractivity (Wildman–Crippen MR) is 120 cm³/mol. The molecule has 0 atom stereocenters. The summed E-state index contributed by atoms with van der Waals surface area (Å²) in [7, 11) is 0. The average Bonchev–Trinajstić information content (AvgIpc) is 3.24. The van der Waals surface area contributed by atoms with E-state index in [9.17, 15) is 0 Å². The van der Waals surface area contributed by atoms with Gasteiger partial charge in [0.1, 0.15) is 29.9 Å². The number of ether oxygens (including phenoxy) is 1. The van der Waals surface area contributed by atoms with Gasteiger partial charge >= 0.3 is 0 Å². The number of hydrogen-bond donors (Lipinski definition) is 1. The van der Waals surface area contributed by atoms with Gasteiger partial charge in [-0.3, -0.25) is 0 Å². The van der Waals surface area contributed by atoms with Crippen LogP contribution < -0.4 is 4.74 Å². The maximum atomic E-state index is 6.27. The monoisotopic (exact) mass is 427 g/mol. The summed E-state index contributed by atoms with van der Waals surface area (Å²) < 4.78 is 6.09. The molecule has 3 heterocycles. The number of hydrogen-bond acceptors (Lipinski definition) is 5. The molecule has 0 aliphatic heterocycles. The molecule has 0 radical (unpaired) electrons. The summed E-state index contributed by atoms with van der Waals surface area (Å²) >= 11 is 6.27. The second kappa shape index (κ2) is 8.53. The Balaban J connectivity index is 1.40. The Morgan fingerprint density at radius 1 is 0.935 bits per heavy atom. The summed E-state index contributed by atoms with van der Waals surface area (Å²) in [6.45, 7) is 0.489. The molecule has 5 aromatic rings. The zero-order chi connectivity index (χ0) is 21.0. The van der Waals surface area contributed by atoms with Crippen LogP contribution in [0, 0.1) is 0 Å². The van der Waals surface area contributed by atoms with Gasteiger partial charge in [0.2, 0.25) is 0 Å². The molecule has 0 unspecified atom stereocenters. The van der Waals surface area contributed by atoms with Crippen molar-refractivity contribution >= 4 is 22.8 Å². The summed E-state index contributed by atoms with van der Waals surface area (Å²) in [6, 6.07) is 21.6. The molecular weight excluding hydrogens is 410 g/mol. The third kappa shape index (κ3) is 4.39. The van der Waals surface area contributed by atoms with Crippen LogP contribution in [0.5, 0.6) is 5.75 Å². The summed E-state index contributed by atoms with van der Waals surface area (Å²) in [5.74, 6) is 1.45. The first-order valence-corrected chi connectivity index (χ1v) is 10.2. The SMILES string of the molecule is Clc1ccc(OCc2ccccc2)c(Cc2cccc(-c3nc4ncncc4[nH]3)n2)c1. The van der Waals surface area contributed by atoms with Gasteiger partial charge in [-0.15, -0.1) is 0 Å². The fraction of sp³-hybridized carbons (Fsp3) is 0.0833. The Labute approximate surface area is 184 Å². The van der Waals surface area contributed by atoms with E-state index in [1.165, 1.54) is 6.33 Å². The summed E-state index contributed by atoms with van der Waals surface area (Å²) in [5.41, 5.74) is 5.10. The van der Waals surface area contributed by atoms with Gasteiger partial charge in [0.05, 0.1) is 6.20 Å². The number of benzene rings is 2. The molecule has 7 heteroatoms. The van der Waals surface area contributed by atoms with Crippen LogP contribution in [0.1, 0.15) is 16.8 Å². The van der Waals surface area contributed by atoms with E-state index >= 15 is 0 Å². The largest absolute Gasteiger partial charge is 0.489 e. The lowest BCUT2D eigenvalue weighted by atomic mass is 10.1. The Morgan fingerprint density at radius 2 is 1.84 bits per heavy atom. The minimum atomic E-state index is 0.489. The summed E-state index contributed by atoms with van der Waals surface area (Å²) in [6.07, 6.45) is 3.76. The molecule has 1 N–H and O–H groups in total. The smallest absolute Gasteiger partial charge is 0.181 e. The Bertz CT molecular complexity index is 1300. The molecule has 152 valence electrons. The van der Waals surface area contributed by atoms with Crippen molar-refractivity contribution in [3.05, 3.63) is 101 Å². The Kier molecular flexibility index (Phi) is 5.29. The molecule has 5 rings (SSSR count). The number of pyridine rings is 1. The number of rotatable bonds is 6. The normalized spacial score (nSPS) is 11.0. The van der Waals surface area contributed by atoms with Crippen molar-refractivity contribution in [2.24, 2.45) is 0 Å². The van der Waals surface area contributed by atoms with Crippen molar-refractivity contribution < 1.29 is 4.74 Å². The van der Waals surface area contributed by atoms with Crippen LogP contribution in [0.2, 0.25) is 5.02 Å².